The van der Waals surface area contributed by atoms with Crippen molar-refractivity contribution in [2.75, 3.05) is 0 Å². The average Bonchev–Trinajstić information content (AvgIpc) is 2.15. The van der Waals surface area contributed by atoms with Crippen molar-refractivity contribution in [3.8, 4) is 0 Å². The predicted octanol–water partition coefficient (Wildman–Crippen LogP) is 0.150. The van der Waals surface area contributed by atoms with Gasteiger partial charge in [-0.1, -0.05) is 13.8 Å². The second-order valence-electron chi connectivity index (χ2n) is 3.84. The fourth-order valence-corrected chi connectivity index (χ4v) is 1.29. The molecule has 0 aromatic carbocycles. The SMILES string of the molecule is CCC(O)(CC(=O)O)OC(O)(CC)CC(=O)O. The normalized spacial score (nSPS) is 18.1. The number of carboxylic acids is 2. The van der Waals surface area contributed by atoms with Gasteiger partial charge in [-0.05, 0) is 12.8 Å². The molecule has 17 heavy (non-hydrogen) atoms. The van der Waals surface area contributed by atoms with Gasteiger partial charge in [0.05, 0.1) is 12.8 Å². The number of ether oxygens (including phenoxy) is 1. The van der Waals surface area contributed by atoms with E-state index < -0.39 is 36.4 Å². The smallest absolute Gasteiger partial charge is 0.308 e. The molecule has 0 saturated carbocycles. The van der Waals surface area contributed by atoms with E-state index in [9.17, 15) is 19.8 Å². The first-order valence-corrected chi connectivity index (χ1v) is 5.25. The van der Waals surface area contributed by atoms with Gasteiger partial charge in [-0.25, -0.2) is 0 Å². The lowest BCUT2D eigenvalue weighted by atomic mass is 10.1. The van der Waals surface area contributed by atoms with Crippen molar-refractivity contribution >= 4 is 11.9 Å². The Morgan fingerprint density at radius 1 is 0.941 bits per heavy atom. The van der Waals surface area contributed by atoms with Crippen LogP contribution in [0.1, 0.15) is 39.5 Å². The van der Waals surface area contributed by atoms with Crippen LogP contribution < -0.4 is 0 Å². The van der Waals surface area contributed by atoms with Gasteiger partial charge >= 0.3 is 11.9 Å². The molecule has 0 amide bonds. The molecule has 0 fully saturated rings. The van der Waals surface area contributed by atoms with Crippen molar-refractivity contribution in [1.82, 2.24) is 0 Å². The Balaban J connectivity index is 4.82. The standard InChI is InChI=1S/C10H18O7/c1-3-9(15,5-7(11)12)17-10(16,4-2)6-8(13)14/h15-16H,3-6H2,1-2H3,(H,11,12)(H,13,14). The van der Waals surface area contributed by atoms with Gasteiger partial charge in [0.2, 0.25) is 0 Å². The summed E-state index contributed by atoms with van der Waals surface area (Å²) < 4.78 is 4.89. The molecule has 0 aliphatic carbocycles. The molecule has 0 bridgehead atoms. The van der Waals surface area contributed by atoms with Gasteiger partial charge in [-0.15, -0.1) is 0 Å². The molecule has 2 unspecified atom stereocenters. The summed E-state index contributed by atoms with van der Waals surface area (Å²) in [7, 11) is 0. The Morgan fingerprint density at radius 2 is 1.24 bits per heavy atom. The van der Waals surface area contributed by atoms with Crippen LogP contribution in [0, 0.1) is 0 Å². The van der Waals surface area contributed by atoms with E-state index in [2.05, 4.69) is 0 Å². The first kappa shape index (κ1) is 15.8. The number of aliphatic carboxylic acids is 2. The Morgan fingerprint density at radius 3 is 1.41 bits per heavy atom. The molecule has 0 aromatic rings. The molecular weight excluding hydrogens is 232 g/mol. The maximum Gasteiger partial charge on any atom is 0.308 e. The van der Waals surface area contributed by atoms with Crippen molar-refractivity contribution in [2.45, 2.75) is 51.1 Å². The molecule has 0 aromatic heterocycles. The largest absolute Gasteiger partial charge is 0.481 e. The van der Waals surface area contributed by atoms with Crippen LogP contribution in [-0.4, -0.2) is 43.9 Å². The number of hydrogen-bond acceptors (Lipinski definition) is 5. The first-order valence-electron chi connectivity index (χ1n) is 5.25. The Bertz CT molecular complexity index is 262. The highest BCUT2D eigenvalue weighted by atomic mass is 16.7. The number of carbonyl (C=O) groups is 2. The summed E-state index contributed by atoms with van der Waals surface area (Å²) in [6, 6.07) is 0. The third kappa shape index (κ3) is 5.62. The topological polar surface area (TPSA) is 124 Å². The summed E-state index contributed by atoms with van der Waals surface area (Å²) >= 11 is 0. The number of hydrogen-bond donors (Lipinski definition) is 4. The van der Waals surface area contributed by atoms with Crippen molar-refractivity contribution in [2.24, 2.45) is 0 Å². The van der Waals surface area contributed by atoms with E-state index in [1.807, 2.05) is 0 Å². The van der Waals surface area contributed by atoms with Gasteiger partial charge in [0, 0.05) is 0 Å². The van der Waals surface area contributed by atoms with Crippen molar-refractivity contribution in [3.05, 3.63) is 0 Å². The fourth-order valence-electron chi connectivity index (χ4n) is 1.29. The van der Waals surface area contributed by atoms with E-state index in [0.717, 1.165) is 0 Å². The molecule has 0 heterocycles. The Hall–Kier alpha value is -1.18. The first-order chi connectivity index (χ1) is 7.66. The van der Waals surface area contributed by atoms with Crippen LogP contribution in [0.5, 0.6) is 0 Å². The van der Waals surface area contributed by atoms with Crippen LogP contribution in [0.4, 0.5) is 0 Å². The van der Waals surface area contributed by atoms with Gasteiger partial charge in [0.15, 0.2) is 11.6 Å². The summed E-state index contributed by atoms with van der Waals surface area (Å²) in [5, 5.41) is 36.8. The summed E-state index contributed by atoms with van der Waals surface area (Å²) in [5.74, 6) is -6.76. The molecule has 2 atom stereocenters. The molecule has 100 valence electrons. The summed E-state index contributed by atoms with van der Waals surface area (Å²) in [5.41, 5.74) is 0. The Kier molecular flexibility index (Phi) is 5.53. The minimum absolute atomic E-state index is 0.0821. The lowest BCUT2D eigenvalue weighted by Crippen LogP contribution is -2.46. The zero-order chi connectivity index (χ0) is 13.7. The van der Waals surface area contributed by atoms with Crippen LogP contribution in [-0.2, 0) is 14.3 Å². The Labute approximate surface area is 98.6 Å². The highest BCUT2D eigenvalue weighted by Gasteiger charge is 2.40. The molecule has 4 N–H and O–H groups in total. The van der Waals surface area contributed by atoms with E-state index in [4.69, 9.17) is 14.9 Å². The minimum atomic E-state index is -2.08. The van der Waals surface area contributed by atoms with Crippen molar-refractivity contribution < 1.29 is 34.8 Å². The molecule has 0 saturated heterocycles. The molecule has 0 aliphatic rings. The maximum absolute atomic E-state index is 10.5. The summed E-state index contributed by atoms with van der Waals surface area (Å²) in [6.45, 7) is 2.94. The van der Waals surface area contributed by atoms with Gasteiger partial charge in [0.1, 0.15) is 0 Å². The van der Waals surface area contributed by atoms with E-state index in [0.29, 0.717) is 0 Å². The zero-order valence-electron chi connectivity index (χ0n) is 9.84. The predicted molar refractivity (Wildman–Crippen MR) is 56.1 cm³/mol. The molecule has 7 heteroatoms. The van der Waals surface area contributed by atoms with Crippen LogP contribution in [0.25, 0.3) is 0 Å². The molecule has 7 nitrogen and oxygen atoms in total. The monoisotopic (exact) mass is 250 g/mol. The van der Waals surface area contributed by atoms with E-state index in [1.54, 1.807) is 0 Å². The zero-order valence-corrected chi connectivity index (χ0v) is 9.84. The second-order valence-corrected chi connectivity index (χ2v) is 3.84. The minimum Gasteiger partial charge on any atom is -0.481 e. The van der Waals surface area contributed by atoms with Gasteiger partial charge in [-0.3, -0.25) is 9.59 Å². The molecular formula is C10H18O7. The highest BCUT2D eigenvalue weighted by molar-refractivity contribution is 5.68. The quantitative estimate of drug-likeness (QED) is 0.452. The molecule has 0 spiro atoms. The van der Waals surface area contributed by atoms with Gasteiger partial charge in [0.25, 0.3) is 0 Å². The van der Waals surface area contributed by atoms with Crippen LogP contribution in [0.3, 0.4) is 0 Å². The summed E-state index contributed by atoms with van der Waals surface area (Å²) in [6.07, 6.45) is -1.63. The van der Waals surface area contributed by atoms with Crippen molar-refractivity contribution in [1.29, 1.82) is 0 Å². The van der Waals surface area contributed by atoms with Crippen molar-refractivity contribution in [3.63, 3.8) is 0 Å². The molecule has 0 aliphatic heterocycles. The maximum atomic E-state index is 10.5. The third-order valence-electron chi connectivity index (χ3n) is 2.34. The van der Waals surface area contributed by atoms with Crippen LogP contribution in [0.15, 0.2) is 0 Å². The third-order valence-corrected chi connectivity index (χ3v) is 2.34. The lowest BCUT2D eigenvalue weighted by molar-refractivity contribution is -0.335. The van der Waals surface area contributed by atoms with Crippen LogP contribution >= 0.6 is 0 Å². The molecule has 0 rings (SSSR count). The second kappa shape index (κ2) is 5.95. The fraction of sp³-hybridized carbons (Fsp3) is 0.800. The molecule has 0 radical (unpaired) electrons. The van der Waals surface area contributed by atoms with Gasteiger partial charge in [-0.2, -0.15) is 0 Å². The average molecular weight is 250 g/mol. The van der Waals surface area contributed by atoms with E-state index in [1.165, 1.54) is 13.8 Å². The van der Waals surface area contributed by atoms with Gasteiger partial charge < -0.3 is 25.2 Å². The lowest BCUT2D eigenvalue weighted by Gasteiger charge is -2.35. The highest BCUT2D eigenvalue weighted by Crippen LogP contribution is 2.28. The number of carboxylic acid groups (broad SMARTS) is 2. The summed E-state index contributed by atoms with van der Waals surface area (Å²) in [4.78, 5) is 21.1. The van der Waals surface area contributed by atoms with Crippen LogP contribution in [0.2, 0.25) is 0 Å². The van der Waals surface area contributed by atoms with E-state index >= 15 is 0 Å². The van der Waals surface area contributed by atoms with E-state index in [-0.39, 0.29) is 12.8 Å². The number of aliphatic hydroxyl groups is 2. The number of rotatable bonds is 8.